The number of ketones is 1. The largest absolute Gasteiger partial charge is 0.399 e. The van der Waals surface area contributed by atoms with E-state index in [0.29, 0.717) is 22.7 Å². The lowest BCUT2D eigenvalue weighted by Crippen LogP contribution is -2.00. The zero-order valence-electron chi connectivity index (χ0n) is 8.22. The van der Waals surface area contributed by atoms with Crippen molar-refractivity contribution in [1.29, 1.82) is 0 Å². The van der Waals surface area contributed by atoms with E-state index in [1.54, 1.807) is 18.2 Å². The molecule has 0 spiro atoms. The second-order valence-electron chi connectivity index (χ2n) is 3.30. The maximum Gasteiger partial charge on any atom is 0.163 e. The molecular weight excluding hydrogens is 198 g/mol. The Balaban J connectivity index is 2.79. The molecule has 0 amide bonds. The minimum absolute atomic E-state index is 0.112. The van der Waals surface area contributed by atoms with Gasteiger partial charge in [0.05, 0.1) is 0 Å². The van der Waals surface area contributed by atoms with Gasteiger partial charge in [0, 0.05) is 22.7 Å². The number of Topliss-reactive ketones (excluding diaryl/α,β-unsaturated/α-hetero) is 1. The van der Waals surface area contributed by atoms with Crippen molar-refractivity contribution in [2.75, 3.05) is 5.73 Å². The van der Waals surface area contributed by atoms with Gasteiger partial charge in [0.2, 0.25) is 0 Å². The van der Waals surface area contributed by atoms with E-state index in [9.17, 15) is 4.79 Å². The average molecular weight is 212 g/mol. The highest BCUT2D eigenvalue weighted by molar-refractivity contribution is 6.31. The molecule has 1 rings (SSSR count). The Morgan fingerprint density at radius 3 is 2.71 bits per heavy atom. The van der Waals surface area contributed by atoms with Crippen LogP contribution in [-0.2, 0) is 0 Å². The minimum atomic E-state index is 0.112. The van der Waals surface area contributed by atoms with Crippen LogP contribution in [0, 0.1) is 0 Å². The number of halogens is 1. The molecule has 0 atom stereocenters. The fourth-order valence-corrected chi connectivity index (χ4v) is 1.50. The first-order chi connectivity index (χ1) is 6.63. The summed E-state index contributed by atoms with van der Waals surface area (Å²) in [4.78, 5) is 11.6. The van der Waals surface area contributed by atoms with Crippen LogP contribution in [0.15, 0.2) is 18.2 Å². The van der Waals surface area contributed by atoms with E-state index in [0.717, 1.165) is 12.8 Å². The lowest BCUT2D eigenvalue weighted by Gasteiger charge is -2.02. The Hall–Kier alpha value is -1.02. The van der Waals surface area contributed by atoms with E-state index in [4.69, 9.17) is 17.3 Å². The van der Waals surface area contributed by atoms with Crippen LogP contribution in [0.3, 0.4) is 0 Å². The van der Waals surface area contributed by atoms with Gasteiger partial charge in [0.25, 0.3) is 0 Å². The molecular formula is C11H14ClNO. The predicted molar refractivity (Wildman–Crippen MR) is 59.7 cm³/mol. The molecule has 76 valence electrons. The number of rotatable bonds is 4. The van der Waals surface area contributed by atoms with E-state index in [1.165, 1.54) is 0 Å². The van der Waals surface area contributed by atoms with Crippen molar-refractivity contribution in [3.8, 4) is 0 Å². The zero-order chi connectivity index (χ0) is 10.6. The third-order valence-electron chi connectivity index (χ3n) is 2.00. The van der Waals surface area contributed by atoms with Gasteiger partial charge in [-0.25, -0.2) is 0 Å². The number of benzene rings is 1. The highest BCUT2D eigenvalue weighted by Gasteiger charge is 2.06. The Labute approximate surface area is 89.1 Å². The molecule has 1 aromatic rings. The summed E-state index contributed by atoms with van der Waals surface area (Å²) in [5.74, 6) is 0.112. The molecule has 0 saturated carbocycles. The van der Waals surface area contributed by atoms with Crippen LogP contribution in [-0.4, -0.2) is 5.78 Å². The first-order valence-corrected chi connectivity index (χ1v) is 5.10. The fourth-order valence-electron chi connectivity index (χ4n) is 1.25. The van der Waals surface area contributed by atoms with Crippen molar-refractivity contribution in [2.24, 2.45) is 0 Å². The van der Waals surface area contributed by atoms with Crippen LogP contribution in [0.1, 0.15) is 36.5 Å². The van der Waals surface area contributed by atoms with Crippen LogP contribution in [0.5, 0.6) is 0 Å². The second-order valence-corrected chi connectivity index (χ2v) is 3.74. The molecule has 2 nitrogen and oxygen atoms in total. The lowest BCUT2D eigenvalue weighted by molar-refractivity contribution is 0.0980. The molecule has 0 saturated heterocycles. The Morgan fingerprint density at radius 1 is 1.43 bits per heavy atom. The molecule has 14 heavy (non-hydrogen) atoms. The molecule has 0 aliphatic carbocycles. The summed E-state index contributed by atoms with van der Waals surface area (Å²) in [6.45, 7) is 2.06. The van der Waals surface area contributed by atoms with E-state index in [-0.39, 0.29) is 5.78 Å². The highest BCUT2D eigenvalue weighted by Crippen LogP contribution is 2.18. The molecule has 0 aliphatic rings. The van der Waals surface area contributed by atoms with Gasteiger partial charge in [-0.2, -0.15) is 0 Å². The van der Waals surface area contributed by atoms with Crippen LogP contribution in [0.25, 0.3) is 0 Å². The normalized spacial score (nSPS) is 10.1. The number of nitrogen functional groups attached to an aromatic ring is 1. The number of nitrogens with two attached hydrogens (primary N) is 1. The SMILES string of the molecule is CCCCC(=O)c1cc(N)cc(Cl)c1. The number of hydrogen-bond acceptors (Lipinski definition) is 2. The number of anilines is 1. The molecule has 0 aromatic heterocycles. The molecule has 0 bridgehead atoms. The zero-order valence-corrected chi connectivity index (χ0v) is 8.97. The van der Waals surface area contributed by atoms with Crippen molar-refractivity contribution >= 4 is 23.1 Å². The average Bonchev–Trinajstić information content (AvgIpc) is 2.12. The topological polar surface area (TPSA) is 43.1 Å². The molecule has 0 aliphatic heterocycles. The molecule has 0 fully saturated rings. The second kappa shape index (κ2) is 5.01. The van der Waals surface area contributed by atoms with Crippen molar-refractivity contribution < 1.29 is 4.79 Å². The van der Waals surface area contributed by atoms with Crippen LogP contribution < -0.4 is 5.73 Å². The Kier molecular flexibility index (Phi) is 3.96. The third kappa shape index (κ3) is 3.04. The molecule has 1 aromatic carbocycles. The summed E-state index contributed by atoms with van der Waals surface area (Å²) in [6, 6.07) is 4.97. The summed E-state index contributed by atoms with van der Waals surface area (Å²) < 4.78 is 0. The quantitative estimate of drug-likeness (QED) is 0.614. The van der Waals surface area contributed by atoms with Gasteiger partial charge < -0.3 is 5.73 Å². The molecule has 2 N–H and O–H groups in total. The fraction of sp³-hybridized carbons (Fsp3) is 0.364. The molecule has 3 heteroatoms. The molecule has 0 unspecified atom stereocenters. The van der Waals surface area contributed by atoms with Crippen molar-refractivity contribution in [3.63, 3.8) is 0 Å². The van der Waals surface area contributed by atoms with E-state index >= 15 is 0 Å². The maximum absolute atomic E-state index is 11.6. The van der Waals surface area contributed by atoms with E-state index < -0.39 is 0 Å². The Morgan fingerprint density at radius 2 is 2.14 bits per heavy atom. The summed E-state index contributed by atoms with van der Waals surface area (Å²) in [6.07, 6.45) is 2.49. The first-order valence-electron chi connectivity index (χ1n) is 4.72. The smallest absolute Gasteiger partial charge is 0.163 e. The Bertz CT molecular complexity index is 316. The number of unbranched alkanes of at least 4 members (excludes halogenated alkanes) is 1. The van der Waals surface area contributed by atoms with Crippen molar-refractivity contribution in [2.45, 2.75) is 26.2 Å². The van der Waals surface area contributed by atoms with Crippen LogP contribution in [0.4, 0.5) is 5.69 Å². The number of carbonyl (C=O) groups is 1. The van der Waals surface area contributed by atoms with Crippen LogP contribution >= 0.6 is 11.6 Å². The van der Waals surface area contributed by atoms with Crippen molar-refractivity contribution in [1.82, 2.24) is 0 Å². The number of carbonyl (C=O) groups excluding carboxylic acids is 1. The van der Waals surface area contributed by atoms with Crippen LogP contribution in [0.2, 0.25) is 5.02 Å². The maximum atomic E-state index is 11.6. The monoisotopic (exact) mass is 211 g/mol. The highest BCUT2D eigenvalue weighted by atomic mass is 35.5. The standard InChI is InChI=1S/C11H14ClNO/c1-2-3-4-11(14)8-5-9(12)7-10(13)6-8/h5-7H,2-4,13H2,1H3. The summed E-state index contributed by atoms with van der Waals surface area (Å²) in [5.41, 5.74) is 6.74. The van der Waals surface area contributed by atoms with Gasteiger partial charge in [0.1, 0.15) is 0 Å². The first kappa shape index (κ1) is 11.1. The number of hydrogen-bond donors (Lipinski definition) is 1. The van der Waals surface area contributed by atoms with Gasteiger partial charge >= 0.3 is 0 Å². The van der Waals surface area contributed by atoms with Gasteiger partial charge in [-0.3, -0.25) is 4.79 Å². The van der Waals surface area contributed by atoms with Gasteiger partial charge in [-0.1, -0.05) is 24.9 Å². The summed E-state index contributed by atoms with van der Waals surface area (Å²) in [5, 5.41) is 0.518. The predicted octanol–water partition coefficient (Wildman–Crippen LogP) is 3.30. The molecule has 0 radical (unpaired) electrons. The summed E-state index contributed by atoms with van der Waals surface area (Å²) >= 11 is 5.80. The van der Waals surface area contributed by atoms with E-state index in [2.05, 4.69) is 6.92 Å². The molecule has 0 heterocycles. The van der Waals surface area contributed by atoms with Crippen molar-refractivity contribution in [3.05, 3.63) is 28.8 Å². The van der Waals surface area contributed by atoms with Gasteiger partial charge in [-0.15, -0.1) is 0 Å². The van der Waals surface area contributed by atoms with Gasteiger partial charge in [0.15, 0.2) is 5.78 Å². The van der Waals surface area contributed by atoms with Gasteiger partial charge in [-0.05, 0) is 24.6 Å². The summed E-state index contributed by atoms with van der Waals surface area (Å²) in [7, 11) is 0. The minimum Gasteiger partial charge on any atom is -0.399 e. The lowest BCUT2D eigenvalue weighted by atomic mass is 10.1. The van der Waals surface area contributed by atoms with E-state index in [1.807, 2.05) is 0 Å². The third-order valence-corrected chi connectivity index (χ3v) is 2.22.